The van der Waals surface area contributed by atoms with Crippen LogP contribution in [0.1, 0.15) is 26.0 Å². The fraction of sp³-hybridized carbons (Fsp3) is 0.280. The maximum absolute atomic E-state index is 14.6. The smallest absolute Gasteiger partial charge is 0.297 e. The lowest BCUT2D eigenvalue weighted by Crippen LogP contribution is -2.20. The number of para-hydroxylation sites is 1. The number of thiazole rings is 1. The molecule has 0 atom stereocenters. The summed E-state index contributed by atoms with van der Waals surface area (Å²) >= 11 is 1.43. The average Bonchev–Trinajstić information content (AvgIpc) is 3.27. The van der Waals surface area contributed by atoms with E-state index in [1.807, 2.05) is 65.0 Å². The van der Waals surface area contributed by atoms with Crippen molar-refractivity contribution in [3.8, 4) is 16.9 Å². The molecule has 4 rings (SSSR count). The normalized spacial score (nSPS) is 12.1. The van der Waals surface area contributed by atoms with Crippen LogP contribution < -0.4 is 10.4 Å². The average molecular weight is 451 g/mol. The molecule has 2 aromatic carbocycles. The number of hydrogen-bond donors (Lipinski definition) is 0. The molecule has 0 saturated heterocycles. The molecule has 0 aliphatic carbocycles. The fourth-order valence-electron chi connectivity index (χ4n) is 3.69. The van der Waals surface area contributed by atoms with E-state index >= 15 is 0 Å². The molecule has 7 heteroatoms. The molecule has 0 unspecified atom stereocenters. The number of benzene rings is 2. The second-order valence-corrected chi connectivity index (χ2v) is 9.08. The molecular formula is C25H27FN4OS. The lowest BCUT2D eigenvalue weighted by Gasteiger charge is -2.11. The molecule has 5 nitrogen and oxygen atoms in total. The van der Waals surface area contributed by atoms with Crippen LogP contribution >= 0.6 is 11.3 Å². The van der Waals surface area contributed by atoms with Crippen LogP contribution in [-0.2, 0) is 13.6 Å². The van der Waals surface area contributed by atoms with Crippen LogP contribution in [0, 0.1) is 18.7 Å². The van der Waals surface area contributed by atoms with Crippen molar-refractivity contribution in [2.75, 3.05) is 0 Å². The molecule has 0 amide bonds. The number of rotatable bonds is 6. The van der Waals surface area contributed by atoms with Crippen LogP contribution in [-0.4, -0.2) is 13.9 Å². The predicted octanol–water partition coefficient (Wildman–Crippen LogP) is 5.43. The summed E-state index contributed by atoms with van der Waals surface area (Å²) in [6.07, 6.45) is 0.924. The third-order valence-electron chi connectivity index (χ3n) is 5.61. The van der Waals surface area contributed by atoms with Gasteiger partial charge in [0, 0.05) is 24.5 Å². The van der Waals surface area contributed by atoms with Gasteiger partial charge in [-0.2, -0.15) is 0 Å². The van der Waals surface area contributed by atoms with Crippen LogP contribution in [0.5, 0.6) is 0 Å². The Kier molecular flexibility index (Phi) is 6.28. The lowest BCUT2D eigenvalue weighted by atomic mass is 10.1. The SMILES string of the molecule is Cc1c(N=c2scc(-c3ccccc3F)n2CCC(C)C)c(=O)n(-c2ccccc2)n1C. The van der Waals surface area contributed by atoms with Crippen molar-refractivity contribution in [2.24, 2.45) is 18.0 Å². The largest absolute Gasteiger partial charge is 0.316 e. The number of nitrogens with zero attached hydrogens (tertiary/aromatic N) is 4. The second-order valence-electron chi connectivity index (χ2n) is 8.24. The van der Waals surface area contributed by atoms with E-state index in [1.165, 1.54) is 17.4 Å². The summed E-state index contributed by atoms with van der Waals surface area (Å²) in [5, 5.41) is 1.92. The van der Waals surface area contributed by atoms with Crippen LogP contribution in [0.3, 0.4) is 0 Å². The Morgan fingerprint density at radius 2 is 1.75 bits per heavy atom. The molecule has 0 spiro atoms. The summed E-state index contributed by atoms with van der Waals surface area (Å²) in [7, 11) is 1.86. The summed E-state index contributed by atoms with van der Waals surface area (Å²) < 4.78 is 20.0. The van der Waals surface area contributed by atoms with Crippen molar-refractivity contribution in [3.05, 3.63) is 86.6 Å². The van der Waals surface area contributed by atoms with Gasteiger partial charge in [0.05, 0.1) is 17.1 Å². The zero-order valence-corrected chi connectivity index (χ0v) is 19.6. The molecule has 0 N–H and O–H groups in total. The van der Waals surface area contributed by atoms with Crippen molar-refractivity contribution < 1.29 is 4.39 Å². The molecule has 32 heavy (non-hydrogen) atoms. The van der Waals surface area contributed by atoms with Gasteiger partial charge in [0.2, 0.25) is 0 Å². The predicted molar refractivity (Wildman–Crippen MR) is 128 cm³/mol. The molecule has 0 fully saturated rings. The number of hydrogen-bond acceptors (Lipinski definition) is 3. The van der Waals surface area contributed by atoms with Crippen molar-refractivity contribution >= 4 is 17.0 Å². The van der Waals surface area contributed by atoms with E-state index in [-0.39, 0.29) is 11.4 Å². The van der Waals surface area contributed by atoms with Gasteiger partial charge in [0.1, 0.15) is 5.82 Å². The molecule has 0 radical (unpaired) electrons. The highest BCUT2D eigenvalue weighted by atomic mass is 32.1. The third-order valence-corrected chi connectivity index (χ3v) is 6.47. The number of aromatic nitrogens is 3. The molecular weight excluding hydrogens is 423 g/mol. The Labute approximate surface area is 190 Å². The molecule has 166 valence electrons. The minimum Gasteiger partial charge on any atom is -0.316 e. The van der Waals surface area contributed by atoms with Gasteiger partial charge in [-0.05, 0) is 43.5 Å². The van der Waals surface area contributed by atoms with Gasteiger partial charge in [0.25, 0.3) is 5.56 Å². The first-order valence-electron chi connectivity index (χ1n) is 10.7. The van der Waals surface area contributed by atoms with Crippen LogP contribution in [0.25, 0.3) is 16.9 Å². The number of halogens is 1. The standard InChI is InChI=1S/C25H27FN4OS/c1-17(2)14-15-29-22(20-12-8-9-13-21(20)26)16-32-25(29)27-23-18(3)28(4)30(24(23)31)19-10-6-5-7-11-19/h5-13,16-17H,14-15H2,1-4H3. The lowest BCUT2D eigenvalue weighted by molar-refractivity contribution is 0.512. The molecule has 0 aliphatic heterocycles. The molecule has 4 aromatic rings. The first kappa shape index (κ1) is 22.0. The maximum Gasteiger partial charge on any atom is 0.297 e. The Balaban J connectivity index is 1.90. The molecule has 2 heterocycles. The van der Waals surface area contributed by atoms with Crippen molar-refractivity contribution in [1.29, 1.82) is 0 Å². The first-order chi connectivity index (χ1) is 15.4. The molecule has 2 aromatic heterocycles. The molecule has 0 saturated carbocycles. The summed E-state index contributed by atoms with van der Waals surface area (Å²) in [4.78, 5) is 18.8. The summed E-state index contributed by atoms with van der Waals surface area (Å²) in [5.41, 5.74) is 3.11. The maximum atomic E-state index is 14.6. The Morgan fingerprint density at radius 1 is 1.06 bits per heavy atom. The zero-order valence-electron chi connectivity index (χ0n) is 18.7. The van der Waals surface area contributed by atoms with E-state index in [4.69, 9.17) is 4.99 Å². The first-order valence-corrected chi connectivity index (χ1v) is 11.6. The minimum atomic E-state index is -0.266. The van der Waals surface area contributed by atoms with E-state index < -0.39 is 0 Å². The monoisotopic (exact) mass is 450 g/mol. The highest BCUT2D eigenvalue weighted by Gasteiger charge is 2.17. The van der Waals surface area contributed by atoms with Gasteiger partial charge >= 0.3 is 0 Å². The quantitative estimate of drug-likeness (QED) is 0.386. The van der Waals surface area contributed by atoms with Gasteiger partial charge in [-0.15, -0.1) is 11.3 Å². The van der Waals surface area contributed by atoms with Crippen molar-refractivity contribution in [3.63, 3.8) is 0 Å². The zero-order chi connectivity index (χ0) is 22.8. The van der Waals surface area contributed by atoms with Crippen molar-refractivity contribution in [1.82, 2.24) is 13.9 Å². The van der Waals surface area contributed by atoms with E-state index in [2.05, 4.69) is 13.8 Å². The van der Waals surface area contributed by atoms with Crippen LogP contribution in [0.4, 0.5) is 10.1 Å². The fourth-order valence-corrected chi connectivity index (χ4v) is 4.62. The van der Waals surface area contributed by atoms with Gasteiger partial charge in [0.15, 0.2) is 10.5 Å². The highest BCUT2D eigenvalue weighted by molar-refractivity contribution is 7.07. The van der Waals surface area contributed by atoms with E-state index in [1.54, 1.807) is 16.8 Å². The summed E-state index contributed by atoms with van der Waals surface area (Å²) in [6, 6.07) is 16.3. The Morgan fingerprint density at radius 3 is 2.44 bits per heavy atom. The van der Waals surface area contributed by atoms with Gasteiger partial charge in [-0.25, -0.2) is 14.1 Å². The molecule has 0 aliphatic rings. The highest BCUT2D eigenvalue weighted by Crippen LogP contribution is 2.25. The van der Waals surface area contributed by atoms with Crippen molar-refractivity contribution in [2.45, 2.75) is 33.7 Å². The van der Waals surface area contributed by atoms with Gasteiger partial charge < -0.3 is 4.57 Å². The summed E-state index contributed by atoms with van der Waals surface area (Å²) in [5.74, 6) is 0.218. The van der Waals surface area contributed by atoms with Crippen LogP contribution in [0.2, 0.25) is 0 Å². The van der Waals surface area contributed by atoms with E-state index in [0.717, 1.165) is 23.5 Å². The minimum absolute atomic E-state index is 0.174. The summed E-state index contributed by atoms with van der Waals surface area (Å²) in [6.45, 7) is 6.91. The van der Waals surface area contributed by atoms with Gasteiger partial charge in [-0.1, -0.05) is 44.2 Å². The Bertz CT molecular complexity index is 1360. The third kappa shape index (κ3) is 4.12. The van der Waals surface area contributed by atoms with Crippen LogP contribution in [0.15, 0.2) is 69.8 Å². The van der Waals surface area contributed by atoms with E-state index in [0.29, 0.717) is 28.5 Å². The molecule has 0 bridgehead atoms. The second kappa shape index (κ2) is 9.12. The van der Waals surface area contributed by atoms with E-state index in [9.17, 15) is 9.18 Å². The topological polar surface area (TPSA) is 44.2 Å². The Hall–Kier alpha value is -3.19. The van der Waals surface area contributed by atoms with Gasteiger partial charge in [-0.3, -0.25) is 9.48 Å².